The third-order valence-corrected chi connectivity index (χ3v) is 5.07. The van der Waals surface area contributed by atoms with Gasteiger partial charge in [-0.2, -0.15) is 0 Å². The first-order valence-electron chi connectivity index (χ1n) is 10.4. The lowest BCUT2D eigenvalue weighted by molar-refractivity contribution is -0.140. The summed E-state index contributed by atoms with van der Waals surface area (Å²) in [5.41, 5.74) is 1.03. The molecule has 1 fully saturated rings. The Kier molecular flexibility index (Phi) is 9.74. The van der Waals surface area contributed by atoms with Gasteiger partial charge in [0.2, 0.25) is 0 Å². The summed E-state index contributed by atoms with van der Waals surface area (Å²) >= 11 is 0. The van der Waals surface area contributed by atoms with Crippen LogP contribution < -0.4 is 14.8 Å². The van der Waals surface area contributed by atoms with E-state index in [1.807, 2.05) is 0 Å². The van der Waals surface area contributed by atoms with E-state index in [9.17, 15) is 19.5 Å². The molecule has 180 valence electrons. The van der Waals surface area contributed by atoms with Crippen LogP contribution in [0.1, 0.15) is 29.6 Å². The lowest BCUT2D eigenvalue weighted by Gasteiger charge is -2.25. The van der Waals surface area contributed by atoms with Gasteiger partial charge in [-0.05, 0) is 18.9 Å². The number of esters is 1. The topological polar surface area (TPSA) is 124 Å². The molecule has 1 aromatic rings. The highest BCUT2D eigenvalue weighted by molar-refractivity contribution is 6.04. The van der Waals surface area contributed by atoms with E-state index in [0.717, 1.165) is 5.57 Å². The van der Waals surface area contributed by atoms with Crippen LogP contribution in [0.4, 0.5) is 10.5 Å². The molecule has 1 heterocycles. The summed E-state index contributed by atoms with van der Waals surface area (Å²) < 4.78 is 20.7. The average molecular weight is 462 g/mol. The molecule has 0 bridgehead atoms. The second kappa shape index (κ2) is 12.5. The van der Waals surface area contributed by atoms with Gasteiger partial charge in [-0.25, -0.2) is 4.79 Å². The Balaban J connectivity index is 2.34. The fourth-order valence-corrected chi connectivity index (χ4v) is 3.33. The fraction of sp³-hybridized carbons (Fsp3) is 0.435. The highest BCUT2D eigenvalue weighted by atomic mass is 16.5. The quantitative estimate of drug-likeness (QED) is 0.292. The Bertz CT molecular complexity index is 899. The van der Waals surface area contributed by atoms with Crippen LogP contribution in [0.3, 0.4) is 0 Å². The summed E-state index contributed by atoms with van der Waals surface area (Å²) in [6, 6.07) is 2.40. The lowest BCUT2D eigenvalue weighted by Crippen LogP contribution is -2.38. The van der Waals surface area contributed by atoms with Crippen molar-refractivity contribution in [3.05, 3.63) is 42.5 Å². The number of hydrogen-bond acceptors (Lipinski definition) is 8. The van der Waals surface area contributed by atoms with Crippen LogP contribution in [-0.4, -0.2) is 74.6 Å². The summed E-state index contributed by atoms with van der Waals surface area (Å²) in [6.45, 7) is 7.70. The normalized spacial score (nSPS) is 15.1. The molecule has 1 aliphatic rings. The molecule has 1 aromatic carbocycles. The van der Waals surface area contributed by atoms with Crippen LogP contribution in [-0.2, 0) is 14.3 Å². The van der Waals surface area contributed by atoms with Crippen LogP contribution in [0.5, 0.6) is 11.5 Å². The molecule has 0 spiro atoms. The summed E-state index contributed by atoms with van der Waals surface area (Å²) in [7, 11) is 2.73. The first-order valence-corrected chi connectivity index (χ1v) is 10.4. The van der Waals surface area contributed by atoms with Gasteiger partial charge in [0.05, 0.1) is 44.7 Å². The number of aliphatic hydroxyl groups excluding tert-OH is 1. The minimum absolute atomic E-state index is 0.0132. The number of hydrogen-bond donors (Lipinski definition) is 2. The third kappa shape index (κ3) is 6.72. The highest BCUT2D eigenvalue weighted by Gasteiger charge is 2.33. The molecule has 33 heavy (non-hydrogen) atoms. The molecule has 1 atom stereocenters. The van der Waals surface area contributed by atoms with Gasteiger partial charge in [0.15, 0.2) is 11.5 Å². The van der Waals surface area contributed by atoms with Gasteiger partial charge < -0.3 is 29.0 Å². The Morgan fingerprint density at radius 1 is 1.27 bits per heavy atom. The summed E-state index contributed by atoms with van der Waals surface area (Å²) in [5.74, 6) is -0.241. The van der Waals surface area contributed by atoms with Crippen molar-refractivity contribution in [1.29, 1.82) is 0 Å². The van der Waals surface area contributed by atoms with Crippen molar-refractivity contribution in [3.8, 4) is 11.5 Å². The van der Waals surface area contributed by atoms with Crippen molar-refractivity contribution in [3.63, 3.8) is 0 Å². The van der Waals surface area contributed by atoms with E-state index < -0.39 is 18.0 Å². The van der Waals surface area contributed by atoms with Gasteiger partial charge in [0, 0.05) is 19.0 Å². The van der Waals surface area contributed by atoms with E-state index in [4.69, 9.17) is 14.2 Å². The van der Waals surface area contributed by atoms with E-state index in [2.05, 4.69) is 23.2 Å². The Morgan fingerprint density at radius 3 is 2.67 bits per heavy atom. The molecule has 0 aliphatic carbocycles. The van der Waals surface area contributed by atoms with E-state index in [1.165, 1.54) is 37.3 Å². The molecule has 2 N–H and O–H groups in total. The molecule has 0 saturated carbocycles. The number of rotatable bonds is 11. The van der Waals surface area contributed by atoms with E-state index in [1.54, 1.807) is 0 Å². The molecule has 2 rings (SSSR count). The number of ether oxygens (including phenoxy) is 4. The van der Waals surface area contributed by atoms with Crippen LogP contribution in [0, 0.1) is 0 Å². The Morgan fingerprint density at radius 2 is 2.03 bits per heavy atom. The van der Waals surface area contributed by atoms with Gasteiger partial charge in [-0.3, -0.25) is 14.9 Å². The first-order chi connectivity index (χ1) is 15.9. The predicted octanol–water partition coefficient (Wildman–Crippen LogP) is 2.52. The molecule has 2 amide bonds. The molecule has 10 nitrogen and oxygen atoms in total. The fourth-order valence-electron chi connectivity index (χ4n) is 3.33. The number of likely N-dealkylation sites (tertiary alicyclic amines) is 1. The van der Waals surface area contributed by atoms with E-state index in [0.29, 0.717) is 19.4 Å². The SMILES string of the molecule is C=CCOC(=O)Nc1cc(OCCCC(=O)OC)c(OC)cc1C(=O)N1CCC(=C)[C@@H]1CO. The Hall–Kier alpha value is -3.53. The summed E-state index contributed by atoms with van der Waals surface area (Å²) in [4.78, 5) is 38.3. The molecule has 0 aromatic heterocycles. The smallest absolute Gasteiger partial charge is 0.411 e. The zero-order valence-corrected chi connectivity index (χ0v) is 18.9. The Labute approximate surface area is 192 Å². The lowest BCUT2D eigenvalue weighted by atomic mass is 10.1. The van der Waals surface area contributed by atoms with Crippen molar-refractivity contribution in [2.24, 2.45) is 0 Å². The predicted molar refractivity (Wildman–Crippen MR) is 121 cm³/mol. The monoisotopic (exact) mass is 462 g/mol. The molecular formula is C23H30N2O8. The van der Waals surface area contributed by atoms with Gasteiger partial charge >= 0.3 is 12.1 Å². The third-order valence-electron chi connectivity index (χ3n) is 5.07. The van der Waals surface area contributed by atoms with Crippen molar-refractivity contribution >= 4 is 23.7 Å². The number of benzene rings is 1. The number of amides is 2. The first kappa shape index (κ1) is 25.7. The largest absolute Gasteiger partial charge is 0.493 e. The zero-order valence-electron chi connectivity index (χ0n) is 18.9. The van der Waals surface area contributed by atoms with Crippen molar-refractivity contribution < 1.29 is 38.4 Å². The van der Waals surface area contributed by atoms with Gasteiger partial charge in [0.25, 0.3) is 5.91 Å². The number of carbonyl (C=O) groups is 3. The van der Waals surface area contributed by atoms with Crippen LogP contribution in [0.15, 0.2) is 36.9 Å². The van der Waals surface area contributed by atoms with Crippen molar-refractivity contribution in [2.45, 2.75) is 25.3 Å². The number of aliphatic hydroxyl groups is 1. The maximum absolute atomic E-state index is 13.3. The molecule has 10 heteroatoms. The van der Waals surface area contributed by atoms with Gasteiger partial charge in [-0.1, -0.05) is 24.8 Å². The number of carbonyl (C=O) groups excluding carboxylic acids is 3. The van der Waals surface area contributed by atoms with E-state index in [-0.39, 0.29) is 55.0 Å². The minimum Gasteiger partial charge on any atom is -0.493 e. The second-order valence-electron chi connectivity index (χ2n) is 7.19. The minimum atomic E-state index is -0.782. The average Bonchev–Trinajstić information content (AvgIpc) is 3.20. The van der Waals surface area contributed by atoms with Crippen molar-refractivity contribution in [1.82, 2.24) is 4.90 Å². The number of methoxy groups -OCH3 is 2. The highest BCUT2D eigenvalue weighted by Crippen LogP contribution is 2.36. The maximum Gasteiger partial charge on any atom is 0.411 e. The number of anilines is 1. The van der Waals surface area contributed by atoms with Crippen LogP contribution >= 0.6 is 0 Å². The van der Waals surface area contributed by atoms with Crippen LogP contribution in [0.25, 0.3) is 0 Å². The second-order valence-corrected chi connectivity index (χ2v) is 7.19. The van der Waals surface area contributed by atoms with Gasteiger partial charge in [0.1, 0.15) is 6.61 Å². The molecule has 0 radical (unpaired) electrons. The number of nitrogens with one attached hydrogen (secondary N) is 1. The summed E-state index contributed by atoms with van der Waals surface area (Å²) in [5, 5.41) is 12.3. The molecular weight excluding hydrogens is 432 g/mol. The summed E-state index contributed by atoms with van der Waals surface area (Å²) in [6.07, 6.45) is 1.77. The standard InChI is InChI=1S/C23H30N2O8/c1-5-10-33-23(29)24-17-13-20(32-11-6-7-21(27)31-4)19(30-3)12-16(17)22(28)25-9-8-15(2)18(25)14-26/h5,12-13,18,26H,1-2,6-11,14H2,3-4H3,(H,24,29)/t18-/m0/s1. The molecule has 0 unspecified atom stereocenters. The van der Waals surface area contributed by atoms with Crippen molar-refractivity contribution in [2.75, 3.05) is 45.9 Å². The zero-order chi connectivity index (χ0) is 24.4. The van der Waals surface area contributed by atoms with Gasteiger partial charge in [-0.15, -0.1) is 0 Å². The molecule has 1 saturated heterocycles. The maximum atomic E-state index is 13.3. The van der Waals surface area contributed by atoms with Crippen LogP contribution in [0.2, 0.25) is 0 Å². The number of nitrogens with zero attached hydrogens (tertiary/aromatic N) is 1. The van der Waals surface area contributed by atoms with E-state index >= 15 is 0 Å². The molecule has 1 aliphatic heterocycles.